The summed E-state index contributed by atoms with van der Waals surface area (Å²) in [6.07, 6.45) is -1.61. The fourth-order valence-corrected chi connectivity index (χ4v) is 3.00. The quantitative estimate of drug-likeness (QED) is 0.687. The molecule has 2 aromatic carbocycles. The van der Waals surface area contributed by atoms with E-state index in [1.807, 2.05) is 0 Å². The van der Waals surface area contributed by atoms with E-state index in [4.69, 9.17) is 19.0 Å². The number of hydrogen-bond acceptors (Lipinski definition) is 7. The van der Waals surface area contributed by atoms with E-state index >= 15 is 0 Å². The second kappa shape index (κ2) is 6.17. The fourth-order valence-electron chi connectivity index (χ4n) is 3.00. The molecule has 0 fully saturated rings. The Bertz CT molecular complexity index is 1160. The third-order valence-corrected chi connectivity index (χ3v) is 4.19. The number of carboxylic acid groups (broad SMARTS) is 1. The molecule has 0 amide bonds. The van der Waals surface area contributed by atoms with E-state index in [0.717, 1.165) is 6.07 Å². The molecule has 1 aliphatic rings. The first-order valence-electron chi connectivity index (χ1n) is 7.84. The molecule has 0 aliphatic carbocycles. The third kappa shape index (κ3) is 2.77. The Balaban J connectivity index is 1.89. The van der Waals surface area contributed by atoms with Crippen molar-refractivity contribution >= 4 is 22.9 Å². The molecule has 1 aliphatic heterocycles. The van der Waals surface area contributed by atoms with Gasteiger partial charge in [-0.25, -0.2) is 4.79 Å². The average molecular weight is 368 g/mol. The predicted octanol–water partition coefficient (Wildman–Crippen LogP) is 2.98. The Labute approximate surface area is 151 Å². The van der Waals surface area contributed by atoms with Gasteiger partial charge in [-0.1, -0.05) is 0 Å². The van der Waals surface area contributed by atoms with Crippen LogP contribution in [-0.4, -0.2) is 24.2 Å². The lowest BCUT2D eigenvalue weighted by molar-refractivity contribution is 0.103. The van der Waals surface area contributed by atoms with Gasteiger partial charge in [0.2, 0.25) is 0 Å². The van der Waals surface area contributed by atoms with E-state index in [1.165, 1.54) is 19.2 Å². The van der Waals surface area contributed by atoms with E-state index in [9.17, 15) is 14.4 Å². The molecule has 27 heavy (non-hydrogen) atoms. The normalized spacial score (nSPS) is 12.6. The van der Waals surface area contributed by atoms with Crippen LogP contribution in [-0.2, 0) is 6.61 Å². The molecule has 0 atom stereocenters. The van der Waals surface area contributed by atoms with Crippen molar-refractivity contribution in [2.75, 3.05) is 7.11 Å². The summed E-state index contributed by atoms with van der Waals surface area (Å²) < 4.78 is 20.6. The van der Waals surface area contributed by atoms with Crippen LogP contribution in [0.15, 0.2) is 45.6 Å². The van der Waals surface area contributed by atoms with Crippen molar-refractivity contribution < 1.29 is 33.3 Å². The van der Waals surface area contributed by atoms with Crippen LogP contribution in [0.2, 0.25) is 0 Å². The highest BCUT2D eigenvalue weighted by Crippen LogP contribution is 2.35. The summed E-state index contributed by atoms with van der Waals surface area (Å²) in [6.45, 7) is 0.0528. The van der Waals surface area contributed by atoms with Crippen LogP contribution in [0, 0.1) is 0 Å². The van der Waals surface area contributed by atoms with Crippen LogP contribution in [0.3, 0.4) is 0 Å². The number of rotatable bonds is 2. The van der Waals surface area contributed by atoms with E-state index in [1.54, 1.807) is 18.2 Å². The molecule has 0 saturated carbocycles. The maximum absolute atomic E-state index is 12.9. The summed E-state index contributed by atoms with van der Waals surface area (Å²) in [4.78, 5) is 36.1. The molecule has 0 bridgehead atoms. The van der Waals surface area contributed by atoms with Gasteiger partial charge in [-0.2, -0.15) is 0 Å². The number of ketones is 1. The monoisotopic (exact) mass is 368 g/mol. The third-order valence-electron chi connectivity index (χ3n) is 4.19. The van der Waals surface area contributed by atoms with Crippen molar-refractivity contribution in [2.24, 2.45) is 0 Å². The molecule has 0 saturated heterocycles. The van der Waals surface area contributed by atoms with Gasteiger partial charge in [0.05, 0.1) is 18.7 Å². The largest absolute Gasteiger partial charge is 0.513 e. The smallest absolute Gasteiger partial charge is 0.497 e. The number of carbonyl (C=O) groups excluding carboxylic acids is 1. The Morgan fingerprint density at radius 1 is 1.11 bits per heavy atom. The molecule has 3 aromatic rings. The zero-order chi connectivity index (χ0) is 19.1. The number of carbonyl (C=O) groups is 2. The Kier molecular flexibility index (Phi) is 3.80. The molecule has 4 rings (SSSR count). The van der Waals surface area contributed by atoms with Gasteiger partial charge in [-0.3, -0.25) is 9.59 Å². The maximum Gasteiger partial charge on any atom is 0.513 e. The van der Waals surface area contributed by atoms with Crippen LogP contribution in [0.25, 0.3) is 11.0 Å². The van der Waals surface area contributed by atoms with Crippen LogP contribution >= 0.6 is 0 Å². The lowest BCUT2D eigenvalue weighted by atomic mass is 9.98. The molecule has 0 radical (unpaired) electrons. The average Bonchev–Trinajstić information content (AvgIpc) is 2.77. The Morgan fingerprint density at radius 2 is 1.89 bits per heavy atom. The van der Waals surface area contributed by atoms with Gasteiger partial charge in [0.15, 0.2) is 11.2 Å². The van der Waals surface area contributed by atoms with Crippen molar-refractivity contribution in [1.29, 1.82) is 0 Å². The second-order valence-electron chi connectivity index (χ2n) is 5.75. The van der Waals surface area contributed by atoms with Crippen molar-refractivity contribution in [3.63, 3.8) is 0 Å². The van der Waals surface area contributed by atoms with Crippen molar-refractivity contribution in [2.45, 2.75) is 6.61 Å². The summed E-state index contributed by atoms with van der Waals surface area (Å²) >= 11 is 0. The van der Waals surface area contributed by atoms with Crippen LogP contribution in [0.1, 0.15) is 21.5 Å². The van der Waals surface area contributed by atoms with Gasteiger partial charge in [-0.15, -0.1) is 0 Å². The minimum Gasteiger partial charge on any atom is -0.497 e. The first-order valence-corrected chi connectivity index (χ1v) is 7.84. The molecule has 0 spiro atoms. The van der Waals surface area contributed by atoms with Crippen LogP contribution in [0.5, 0.6) is 17.4 Å². The molecule has 1 aromatic heterocycles. The van der Waals surface area contributed by atoms with Gasteiger partial charge in [0.25, 0.3) is 5.95 Å². The van der Waals surface area contributed by atoms with Crippen molar-refractivity contribution in [1.82, 2.24) is 0 Å². The van der Waals surface area contributed by atoms with Gasteiger partial charge in [0, 0.05) is 11.1 Å². The predicted molar refractivity (Wildman–Crippen MR) is 91.9 cm³/mol. The van der Waals surface area contributed by atoms with Gasteiger partial charge >= 0.3 is 6.16 Å². The maximum atomic E-state index is 12.9. The highest BCUT2D eigenvalue weighted by atomic mass is 16.7. The Morgan fingerprint density at radius 3 is 2.63 bits per heavy atom. The standard InChI is InChI=1S/C19H12O8/c1-24-10-2-3-11-9(6-10)8-25-18-12(17(11)21)4-5-14-16(18)13(20)7-15(26-14)27-19(22)23/h2-7H,8H2,1H3,(H,22,23). The van der Waals surface area contributed by atoms with Gasteiger partial charge in [0.1, 0.15) is 29.1 Å². The summed E-state index contributed by atoms with van der Waals surface area (Å²) in [6, 6.07) is 8.78. The fraction of sp³-hybridized carbons (Fsp3) is 0.105. The van der Waals surface area contributed by atoms with Gasteiger partial charge < -0.3 is 23.7 Å². The highest BCUT2D eigenvalue weighted by Gasteiger charge is 2.26. The zero-order valence-electron chi connectivity index (χ0n) is 14.0. The SMILES string of the molecule is COc1ccc2c(c1)COc1c(ccc3oc(OC(=O)O)cc(=O)c13)C2=O. The lowest BCUT2D eigenvalue weighted by Crippen LogP contribution is -2.09. The number of fused-ring (bicyclic) bond motifs is 4. The number of benzene rings is 2. The zero-order valence-corrected chi connectivity index (χ0v) is 14.0. The van der Waals surface area contributed by atoms with E-state index in [2.05, 4.69) is 4.74 Å². The molecule has 1 N–H and O–H groups in total. The van der Waals surface area contributed by atoms with E-state index < -0.39 is 17.5 Å². The molecule has 2 heterocycles. The first-order chi connectivity index (χ1) is 13.0. The van der Waals surface area contributed by atoms with Gasteiger partial charge in [-0.05, 0) is 30.3 Å². The molecule has 8 nitrogen and oxygen atoms in total. The molecule has 8 heteroatoms. The minimum atomic E-state index is -1.61. The molecule has 136 valence electrons. The molecular weight excluding hydrogens is 356 g/mol. The molecule has 0 unspecified atom stereocenters. The lowest BCUT2D eigenvalue weighted by Gasteiger charge is -2.09. The number of ether oxygens (including phenoxy) is 3. The number of hydrogen-bond donors (Lipinski definition) is 1. The topological polar surface area (TPSA) is 112 Å². The highest BCUT2D eigenvalue weighted by molar-refractivity contribution is 6.14. The molecular formula is C19H12O8. The van der Waals surface area contributed by atoms with Crippen molar-refractivity contribution in [3.8, 4) is 17.4 Å². The Hall–Kier alpha value is -3.81. The van der Waals surface area contributed by atoms with E-state index in [0.29, 0.717) is 16.9 Å². The summed E-state index contributed by atoms with van der Waals surface area (Å²) in [7, 11) is 1.52. The van der Waals surface area contributed by atoms with E-state index in [-0.39, 0.29) is 34.7 Å². The minimum absolute atomic E-state index is 0.0401. The first kappa shape index (κ1) is 16.6. The summed E-state index contributed by atoms with van der Waals surface area (Å²) in [5.74, 6) is -0.0977. The van der Waals surface area contributed by atoms with Crippen LogP contribution in [0.4, 0.5) is 4.79 Å². The second-order valence-corrected chi connectivity index (χ2v) is 5.75. The van der Waals surface area contributed by atoms with Crippen molar-refractivity contribution in [3.05, 3.63) is 63.3 Å². The van der Waals surface area contributed by atoms with Crippen LogP contribution < -0.4 is 19.6 Å². The number of methoxy groups -OCH3 is 1. The summed E-state index contributed by atoms with van der Waals surface area (Å²) in [5.41, 5.74) is 0.753. The summed E-state index contributed by atoms with van der Waals surface area (Å²) in [5, 5.41) is 8.71.